The van der Waals surface area contributed by atoms with E-state index in [-0.39, 0.29) is 23.2 Å². The maximum Gasteiger partial charge on any atom is 0.411 e. The molecule has 48 heavy (non-hydrogen) atoms. The minimum absolute atomic E-state index is 0.0104. The largest absolute Gasteiger partial charge is 0.506 e. The van der Waals surface area contributed by atoms with E-state index in [1.54, 1.807) is 48.5 Å². The number of aromatic amines is 1. The number of H-pyrrole nitrogens is 1. The van der Waals surface area contributed by atoms with Gasteiger partial charge in [-0.15, -0.1) is 0 Å². The van der Waals surface area contributed by atoms with Gasteiger partial charge in [0.1, 0.15) is 17.7 Å². The number of benzene rings is 3. The molecule has 0 saturated carbocycles. The van der Waals surface area contributed by atoms with Crippen molar-refractivity contribution in [2.75, 3.05) is 38.0 Å². The van der Waals surface area contributed by atoms with Gasteiger partial charge in [0.05, 0.1) is 17.3 Å². The van der Waals surface area contributed by atoms with Crippen LogP contribution in [0.25, 0.3) is 22.0 Å². The Morgan fingerprint density at radius 1 is 0.896 bits per heavy atom. The van der Waals surface area contributed by atoms with Crippen molar-refractivity contribution in [2.24, 2.45) is 0 Å². The first-order chi connectivity index (χ1) is 23.4. The number of piperidine rings is 1. The number of halogens is 1. The summed E-state index contributed by atoms with van der Waals surface area (Å²) in [5.74, 6) is -0.349. The highest BCUT2D eigenvalue weighted by atomic mass is 19.1. The first-order valence-corrected chi connectivity index (χ1v) is 17.2. The van der Waals surface area contributed by atoms with Gasteiger partial charge in [-0.2, -0.15) is 0 Å². The Bertz CT molecular complexity index is 1690. The highest BCUT2D eigenvalue weighted by molar-refractivity contribution is 5.91. The van der Waals surface area contributed by atoms with E-state index in [2.05, 4.69) is 20.5 Å². The van der Waals surface area contributed by atoms with Crippen molar-refractivity contribution in [3.8, 4) is 16.9 Å². The van der Waals surface area contributed by atoms with Crippen molar-refractivity contribution in [2.45, 2.75) is 70.0 Å². The number of para-hydroxylation sites is 1. The molecule has 3 aromatic carbocycles. The summed E-state index contributed by atoms with van der Waals surface area (Å²) in [6, 6.07) is 19.9. The van der Waals surface area contributed by atoms with Crippen molar-refractivity contribution in [1.82, 2.24) is 15.2 Å². The molecule has 5 N–H and O–H groups in total. The predicted octanol–water partition coefficient (Wildman–Crippen LogP) is 7.11. The summed E-state index contributed by atoms with van der Waals surface area (Å²) in [7, 11) is 0. The van der Waals surface area contributed by atoms with Gasteiger partial charge in [0.2, 0.25) is 5.56 Å². The second kappa shape index (κ2) is 17.8. The van der Waals surface area contributed by atoms with Gasteiger partial charge in [0, 0.05) is 42.2 Å². The van der Waals surface area contributed by atoms with Crippen molar-refractivity contribution in [3.63, 3.8) is 0 Å². The molecule has 2 heterocycles. The number of carbonyl (C=O) groups is 1. The Hall–Kier alpha value is -4.25. The number of phenols is 1. The number of pyridine rings is 1. The van der Waals surface area contributed by atoms with Gasteiger partial charge in [-0.3, -0.25) is 10.1 Å². The number of carbonyl (C=O) groups excluding carboxylic acids is 1. The number of aromatic hydroxyl groups is 1. The highest BCUT2D eigenvalue weighted by Crippen LogP contribution is 2.31. The molecule has 1 aliphatic rings. The van der Waals surface area contributed by atoms with Gasteiger partial charge in [-0.05, 0) is 68.6 Å². The molecule has 0 radical (unpaired) electrons. The zero-order valence-corrected chi connectivity index (χ0v) is 27.4. The first kappa shape index (κ1) is 35.1. The predicted molar refractivity (Wildman–Crippen MR) is 188 cm³/mol. The molecule has 9 nitrogen and oxygen atoms in total. The molecule has 1 unspecified atom stereocenters. The molecule has 1 fully saturated rings. The van der Waals surface area contributed by atoms with E-state index < -0.39 is 12.2 Å². The third-order valence-electron chi connectivity index (χ3n) is 9.07. The van der Waals surface area contributed by atoms with Gasteiger partial charge in [-0.25, -0.2) is 9.18 Å². The van der Waals surface area contributed by atoms with Gasteiger partial charge in [0.15, 0.2) is 0 Å². The van der Waals surface area contributed by atoms with E-state index >= 15 is 0 Å². The van der Waals surface area contributed by atoms with Crippen molar-refractivity contribution in [3.05, 3.63) is 94.5 Å². The van der Waals surface area contributed by atoms with Crippen LogP contribution in [0.1, 0.15) is 69.5 Å². The minimum Gasteiger partial charge on any atom is -0.506 e. The lowest BCUT2D eigenvalue weighted by Crippen LogP contribution is -2.38. The van der Waals surface area contributed by atoms with Crippen LogP contribution >= 0.6 is 0 Å². The first-order valence-electron chi connectivity index (χ1n) is 17.2. The summed E-state index contributed by atoms with van der Waals surface area (Å²) < 4.78 is 20.1. The minimum atomic E-state index is -0.738. The van der Waals surface area contributed by atoms with Gasteiger partial charge in [-0.1, -0.05) is 74.6 Å². The Morgan fingerprint density at radius 3 is 2.35 bits per heavy atom. The van der Waals surface area contributed by atoms with E-state index in [0.717, 1.165) is 58.3 Å². The summed E-state index contributed by atoms with van der Waals surface area (Å²) >= 11 is 0. The monoisotopic (exact) mass is 658 g/mol. The number of aliphatic hydroxyl groups excluding tert-OH is 1. The number of rotatable bonds is 16. The molecule has 1 aromatic heterocycles. The fourth-order valence-electron chi connectivity index (χ4n) is 6.42. The van der Waals surface area contributed by atoms with Crippen molar-refractivity contribution >= 4 is 22.7 Å². The molecule has 10 heteroatoms. The average Bonchev–Trinajstić information content (AvgIpc) is 3.09. The fraction of sp³-hybridized carbons (Fsp3) is 0.421. The molecule has 1 saturated heterocycles. The van der Waals surface area contributed by atoms with Crippen LogP contribution in [0.4, 0.5) is 14.9 Å². The lowest BCUT2D eigenvalue weighted by molar-refractivity contribution is 0.0584. The van der Waals surface area contributed by atoms with Crippen LogP contribution < -0.4 is 16.2 Å². The Labute approximate surface area is 281 Å². The number of hydrogen-bond donors (Lipinski definition) is 5. The third kappa shape index (κ3) is 9.88. The van der Waals surface area contributed by atoms with Gasteiger partial charge < -0.3 is 30.2 Å². The summed E-state index contributed by atoms with van der Waals surface area (Å²) in [4.78, 5) is 29.4. The van der Waals surface area contributed by atoms with E-state index in [9.17, 15) is 24.2 Å². The number of nitrogens with zero attached hydrogens (tertiary/aromatic N) is 1. The summed E-state index contributed by atoms with van der Waals surface area (Å²) in [5, 5.41) is 27.5. The number of aliphatic hydroxyl groups is 1. The maximum absolute atomic E-state index is 14.4. The van der Waals surface area contributed by atoms with Crippen LogP contribution in [0, 0.1) is 5.82 Å². The lowest BCUT2D eigenvalue weighted by atomic mass is 10.0. The number of nitrogens with one attached hydrogen (secondary N) is 3. The summed E-state index contributed by atoms with van der Waals surface area (Å²) in [6.07, 6.45) is 8.42. The quantitative estimate of drug-likeness (QED) is 0.0813. The van der Waals surface area contributed by atoms with Crippen LogP contribution in [0.15, 0.2) is 77.6 Å². The van der Waals surface area contributed by atoms with Crippen LogP contribution in [-0.2, 0) is 4.74 Å². The molecule has 256 valence electrons. The molecule has 0 aliphatic carbocycles. The average molecular weight is 659 g/mol. The molecular formula is C38H47FN4O5. The zero-order valence-electron chi connectivity index (χ0n) is 27.4. The lowest BCUT2D eigenvalue weighted by Gasteiger charge is -2.31. The third-order valence-corrected chi connectivity index (χ3v) is 9.07. The Balaban J connectivity index is 0.882. The maximum atomic E-state index is 14.4. The standard InChI is InChI=1S/C38H47FN4O5/c39-32-14-8-6-12-28(32)29-13-7-9-15-33(29)41-38(47)48-27-20-24-43(25-21-27)23-11-5-3-1-2-4-10-22-40-26-35(45)30-16-18-34(44)37-31(30)17-19-36(46)42-37/h6-9,12-19,27,35,40,44-45H,1-5,10-11,20-26H2,(H,41,47)(H,42,46). The van der Waals surface area contributed by atoms with Crippen LogP contribution in [0.5, 0.6) is 5.75 Å². The Kier molecular flexibility index (Phi) is 13.0. The van der Waals surface area contributed by atoms with E-state index in [0.29, 0.717) is 39.8 Å². The number of amides is 1. The number of anilines is 1. The molecular weight excluding hydrogens is 611 g/mol. The molecule has 1 amide bonds. The highest BCUT2D eigenvalue weighted by Gasteiger charge is 2.23. The molecule has 5 rings (SSSR count). The molecule has 4 aromatic rings. The van der Waals surface area contributed by atoms with Gasteiger partial charge in [0.25, 0.3) is 0 Å². The Morgan fingerprint density at radius 2 is 1.58 bits per heavy atom. The molecule has 0 spiro atoms. The molecule has 1 atom stereocenters. The number of hydrogen-bond acceptors (Lipinski definition) is 7. The van der Waals surface area contributed by atoms with Crippen LogP contribution in [0.3, 0.4) is 0 Å². The smallest absolute Gasteiger partial charge is 0.411 e. The van der Waals surface area contributed by atoms with E-state index in [1.165, 1.54) is 43.9 Å². The molecule has 1 aliphatic heterocycles. The van der Waals surface area contributed by atoms with Gasteiger partial charge >= 0.3 is 6.09 Å². The molecule has 0 bridgehead atoms. The van der Waals surface area contributed by atoms with Crippen LogP contribution in [-0.4, -0.2) is 65.0 Å². The van der Waals surface area contributed by atoms with E-state index in [4.69, 9.17) is 4.74 Å². The number of phenolic OH excluding ortho intramolecular Hbond substituents is 1. The number of ether oxygens (including phenoxy) is 1. The fourth-order valence-corrected chi connectivity index (χ4v) is 6.42. The van der Waals surface area contributed by atoms with E-state index in [1.807, 2.05) is 6.07 Å². The second-order valence-corrected chi connectivity index (χ2v) is 12.6. The number of likely N-dealkylation sites (tertiary alicyclic amines) is 1. The van der Waals surface area contributed by atoms with Crippen molar-refractivity contribution in [1.29, 1.82) is 0 Å². The topological polar surface area (TPSA) is 127 Å². The number of unbranched alkanes of at least 4 members (excludes halogenated alkanes) is 6. The number of aromatic nitrogens is 1. The summed E-state index contributed by atoms with van der Waals surface area (Å²) in [5.41, 5.74) is 2.31. The normalized spacial score (nSPS) is 14.6. The van der Waals surface area contributed by atoms with Crippen molar-refractivity contribution < 1.29 is 24.1 Å². The zero-order chi connectivity index (χ0) is 33.7. The SMILES string of the molecule is O=C(Nc1ccccc1-c1ccccc1F)OC1CCN(CCCCCCCCCNCC(O)c2ccc(O)c3[nH]c(=O)ccc23)CC1. The number of fused-ring (bicyclic) bond motifs is 1. The summed E-state index contributed by atoms with van der Waals surface area (Å²) in [6.45, 7) is 4.11. The van der Waals surface area contributed by atoms with Crippen LogP contribution in [0.2, 0.25) is 0 Å². The second-order valence-electron chi connectivity index (χ2n) is 12.6.